The van der Waals surface area contributed by atoms with E-state index in [1.165, 1.54) is 23.2 Å². The topological polar surface area (TPSA) is 60.9 Å². The fraction of sp³-hybridized carbons (Fsp3) is 0.0833. The van der Waals surface area contributed by atoms with Crippen LogP contribution in [-0.4, -0.2) is 14.5 Å². The van der Waals surface area contributed by atoms with Gasteiger partial charge in [0.1, 0.15) is 4.99 Å². The number of rotatable bonds is 3. The molecular weight excluding hydrogens is 234 g/mol. The average molecular weight is 245 g/mol. The van der Waals surface area contributed by atoms with Gasteiger partial charge in [0.05, 0.1) is 12.9 Å². The molecule has 17 heavy (non-hydrogen) atoms. The van der Waals surface area contributed by atoms with Crippen molar-refractivity contribution in [1.29, 1.82) is 0 Å². The van der Waals surface area contributed by atoms with Gasteiger partial charge in [-0.1, -0.05) is 36.5 Å². The number of thiocarbonyl (C=S) groups is 1. The molecule has 2 N–H and O–H groups in total. The smallest absolute Gasteiger partial charge is 0.253 e. The second-order valence-electron chi connectivity index (χ2n) is 3.61. The Morgan fingerprint density at radius 3 is 2.59 bits per heavy atom. The summed E-state index contributed by atoms with van der Waals surface area (Å²) < 4.78 is 1.54. The van der Waals surface area contributed by atoms with Crippen molar-refractivity contribution in [2.75, 3.05) is 0 Å². The third-order valence-corrected chi connectivity index (χ3v) is 2.62. The Morgan fingerprint density at radius 2 is 2.00 bits per heavy atom. The van der Waals surface area contributed by atoms with Crippen LogP contribution in [0.3, 0.4) is 0 Å². The Bertz CT molecular complexity index is 589. The lowest BCUT2D eigenvalue weighted by Crippen LogP contribution is -2.19. The van der Waals surface area contributed by atoms with Gasteiger partial charge < -0.3 is 5.73 Å². The van der Waals surface area contributed by atoms with Crippen molar-refractivity contribution in [1.82, 2.24) is 9.55 Å². The predicted molar refractivity (Wildman–Crippen MR) is 69.9 cm³/mol. The summed E-state index contributed by atoms with van der Waals surface area (Å²) in [5.41, 5.74) is 7.26. The van der Waals surface area contributed by atoms with Gasteiger partial charge in [0.15, 0.2) is 0 Å². The maximum Gasteiger partial charge on any atom is 0.253 e. The van der Waals surface area contributed by atoms with Crippen LogP contribution < -0.4 is 11.3 Å². The molecule has 0 saturated heterocycles. The monoisotopic (exact) mass is 245 g/mol. The number of aromatic nitrogens is 2. The molecule has 0 aliphatic carbocycles. The molecule has 0 atom stereocenters. The van der Waals surface area contributed by atoms with Crippen LogP contribution in [-0.2, 0) is 6.54 Å². The van der Waals surface area contributed by atoms with E-state index in [-0.39, 0.29) is 5.56 Å². The Labute approximate surface area is 104 Å². The van der Waals surface area contributed by atoms with Gasteiger partial charge in [-0.05, 0) is 5.56 Å². The molecule has 5 heteroatoms. The van der Waals surface area contributed by atoms with Gasteiger partial charge in [-0.2, -0.15) is 0 Å². The van der Waals surface area contributed by atoms with E-state index in [1.54, 1.807) is 0 Å². The van der Waals surface area contributed by atoms with Crippen LogP contribution in [0.2, 0.25) is 0 Å². The van der Waals surface area contributed by atoms with Crippen LogP contribution in [0.1, 0.15) is 11.1 Å². The Balaban J connectivity index is 2.23. The number of hydrogen-bond acceptors (Lipinski definition) is 3. The zero-order chi connectivity index (χ0) is 12.3. The minimum absolute atomic E-state index is 0.0709. The first-order valence-corrected chi connectivity index (χ1v) is 5.47. The van der Waals surface area contributed by atoms with E-state index < -0.39 is 0 Å². The lowest BCUT2D eigenvalue weighted by Gasteiger charge is -2.05. The van der Waals surface area contributed by atoms with Crippen LogP contribution in [0.4, 0.5) is 0 Å². The second kappa shape index (κ2) is 4.88. The van der Waals surface area contributed by atoms with Gasteiger partial charge in [0, 0.05) is 17.8 Å². The van der Waals surface area contributed by atoms with E-state index in [0.29, 0.717) is 11.5 Å². The van der Waals surface area contributed by atoms with Crippen LogP contribution in [0.15, 0.2) is 47.7 Å². The average Bonchev–Trinajstić information content (AvgIpc) is 2.33. The molecule has 1 aromatic heterocycles. The highest BCUT2D eigenvalue weighted by molar-refractivity contribution is 7.80. The molecular formula is C12H11N3OS. The molecule has 86 valence electrons. The fourth-order valence-electron chi connectivity index (χ4n) is 1.47. The molecule has 1 heterocycles. The minimum Gasteiger partial charge on any atom is -0.389 e. The largest absolute Gasteiger partial charge is 0.389 e. The molecule has 2 aromatic rings. The lowest BCUT2D eigenvalue weighted by molar-refractivity contribution is 0.736. The summed E-state index contributed by atoms with van der Waals surface area (Å²) in [4.78, 5) is 15.8. The van der Waals surface area contributed by atoms with Crippen molar-refractivity contribution in [2.24, 2.45) is 5.73 Å². The van der Waals surface area contributed by atoms with Crippen molar-refractivity contribution < 1.29 is 0 Å². The number of hydrogen-bond donors (Lipinski definition) is 1. The van der Waals surface area contributed by atoms with E-state index in [9.17, 15) is 4.79 Å². The zero-order valence-corrected chi connectivity index (χ0v) is 9.85. The van der Waals surface area contributed by atoms with E-state index in [0.717, 1.165) is 11.1 Å². The first-order chi connectivity index (χ1) is 8.16. The summed E-state index contributed by atoms with van der Waals surface area (Å²) in [7, 11) is 0. The van der Waals surface area contributed by atoms with Crippen molar-refractivity contribution in [3.63, 3.8) is 0 Å². The number of nitrogens with two attached hydrogens (primary N) is 1. The highest BCUT2D eigenvalue weighted by Gasteiger charge is 1.99. The van der Waals surface area contributed by atoms with Gasteiger partial charge in [-0.3, -0.25) is 9.36 Å². The van der Waals surface area contributed by atoms with Crippen molar-refractivity contribution >= 4 is 17.2 Å². The molecule has 0 saturated carbocycles. The van der Waals surface area contributed by atoms with Crippen LogP contribution in [0.25, 0.3) is 0 Å². The molecule has 1 aromatic carbocycles. The lowest BCUT2D eigenvalue weighted by atomic mass is 10.1. The molecule has 0 bridgehead atoms. The summed E-state index contributed by atoms with van der Waals surface area (Å²) in [6.45, 7) is 0.490. The normalized spacial score (nSPS) is 10.1. The summed E-state index contributed by atoms with van der Waals surface area (Å²) in [6.07, 6.45) is 3.00. The molecule has 2 rings (SSSR count). The van der Waals surface area contributed by atoms with E-state index in [2.05, 4.69) is 4.98 Å². The maximum absolute atomic E-state index is 11.5. The molecule has 0 fully saturated rings. The van der Waals surface area contributed by atoms with Crippen molar-refractivity contribution in [3.05, 3.63) is 64.3 Å². The first kappa shape index (κ1) is 11.5. The van der Waals surface area contributed by atoms with E-state index in [1.807, 2.05) is 24.3 Å². The van der Waals surface area contributed by atoms with Crippen LogP contribution >= 0.6 is 12.2 Å². The van der Waals surface area contributed by atoms with Gasteiger partial charge in [-0.15, -0.1) is 0 Å². The zero-order valence-electron chi connectivity index (χ0n) is 9.04. The van der Waals surface area contributed by atoms with E-state index >= 15 is 0 Å². The van der Waals surface area contributed by atoms with Gasteiger partial charge in [0.2, 0.25) is 0 Å². The quantitative estimate of drug-likeness (QED) is 0.817. The van der Waals surface area contributed by atoms with Gasteiger partial charge in [-0.25, -0.2) is 4.98 Å². The third-order valence-electron chi connectivity index (χ3n) is 2.38. The molecule has 4 nitrogen and oxygen atoms in total. The van der Waals surface area contributed by atoms with Crippen molar-refractivity contribution in [3.8, 4) is 0 Å². The molecule has 0 aliphatic rings. The molecule has 0 spiro atoms. The summed E-state index contributed by atoms with van der Waals surface area (Å²) in [6, 6.07) is 8.92. The predicted octanol–water partition coefficient (Wildman–Crippen LogP) is 0.926. The Hall–Kier alpha value is -2.01. The highest BCUT2D eigenvalue weighted by Crippen LogP contribution is 2.05. The third kappa shape index (κ3) is 2.76. The summed E-state index contributed by atoms with van der Waals surface area (Å²) >= 11 is 4.87. The summed E-state index contributed by atoms with van der Waals surface area (Å²) in [5.74, 6) is 0. The number of nitrogens with zero attached hydrogens (tertiary/aromatic N) is 2. The minimum atomic E-state index is -0.0709. The fourth-order valence-corrected chi connectivity index (χ4v) is 1.60. The first-order valence-electron chi connectivity index (χ1n) is 5.06. The van der Waals surface area contributed by atoms with Gasteiger partial charge >= 0.3 is 0 Å². The highest BCUT2D eigenvalue weighted by atomic mass is 32.1. The van der Waals surface area contributed by atoms with Crippen molar-refractivity contribution in [2.45, 2.75) is 6.54 Å². The molecule has 0 radical (unpaired) electrons. The van der Waals surface area contributed by atoms with Crippen LogP contribution in [0, 0.1) is 0 Å². The van der Waals surface area contributed by atoms with E-state index in [4.69, 9.17) is 18.0 Å². The Morgan fingerprint density at radius 1 is 1.29 bits per heavy atom. The van der Waals surface area contributed by atoms with Crippen LogP contribution in [0.5, 0.6) is 0 Å². The Kier molecular flexibility index (Phi) is 3.30. The SMILES string of the molecule is NC(=S)c1ccc(Cn2cnccc2=O)cc1. The molecule has 0 unspecified atom stereocenters. The molecule has 0 amide bonds. The maximum atomic E-state index is 11.5. The standard InChI is InChI=1S/C12H11N3OS/c13-12(17)10-3-1-9(2-4-10)7-15-8-14-6-5-11(15)16/h1-6,8H,7H2,(H2,13,17). The van der Waals surface area contributed by atoms with Gasteiger partial charge in [0.25, 0.3) is 5.56 Å². The summed E-state index contributed by atoms with van der Waals surface area (Å²) in [5, 5.41) is 0. The molecule has 0 aliphatic heterocycles. The second-order valence-corrected chi connectivity index (χ2v) is 4.05. The number of benzene rings is 1.